The molecule has 0 aliphatic rings. The molecule has 0 radical (unpaired) electrons. The molecule has 0 aliphatic carbocycles. The summed E-state index contributed by atoms with van der Waals surface area (Å²) in [5.41, 5.74) is 0.812. The van der Waals surface area contributed by atoms with Crippen LogP contribution in [-0.2, 0) is 0 Å². The van der Waals surface area contributed by atoms with Gasteiger partial charge in [0.15, 0.2) is 0 Å². The van der Waals surface area contributed by atoms with E-state index in [-0.39, 0.29) is 0 Å². The lowest BCUT2D eigenvalue weighted by Crippen LogP contribution is -1.92. The van der Waals surface area contributed by atoms with Crippen LogP contribution in [0.1, 0.15) is 16.5 Å². The van der Waals surface area contributed by atoms with Crippen molar-refractivity contribution < 1.29 is 5.11 Å². The second-order valence-corrected chi connectivity index (χ2v) is 5.06. The third kappa shape index (κ3) is 2.96. The lowest BCUT2D eigenvalue weighted by molar-refractivity contribution is 0.238. The van der Waals surface area contributed by atoms with Crippen molar-refractivity contribution in [3.8, 4) is 11.8 Å². The van der Waals surface area contributed by atoms with E-state index in [1.54, 1.807) is 11.3 Å². The van der Waals surface area contributed by atoms with Crippen molar-refractivity contribution in [1.82, 2.24) is 0 Å². The van der Waals surface area contributed by atoms with Crippen LogP contribution in [0.2, 0.25) is 0 Å². The summed E-state index contributed by atoms with van der Waals surface area (Å²) < 4.78 is 0.995. The van der Waals surface area contributed by atoms with E-state index in [9.17, 15) is 5.11 Å². The first-order valence-electron chi connectivity index (χ1n) is 4.74. The monoisotopic (exact) mass is 292 g/mol. The van der Waals surface area contributed by atoms with Crippen LogP contribution in [-0.4, -0.2) is 5.11 Å². The van der Waals surface area contributed by atoms with E-state index >= 15 is 0 Å². The third-order valence-corrected chi connectivity index (χ3v) is 3.35. The van der Waals surface area contributed by atoms with Crippen molar-refractivity contribution in [3.63, 3.8) is 0 Å². The van der Waals surface area contributed by atoms with Crippen LogP contribution in [0.15, 0.2) is 46.3 Å². The molecule has 0 amide bonds. The normalized spacial score (nSPS) is 11.6. The van der Waals surface area contributed by atoms with Gasteiger partial charge in [-0.25, -0.2) is 0 Å². The van der Waals surface area contributed by atoms with E-state index in [0.717, 1.165) is 14.9 Å². The van der Waals surface area contributed by atoms with Gasteiger partial charge in [0, 0.05) is 4.47 Å². The summed E-state index contributed by atoms with van der Waals surface area (Å²) in [6.07, 6.45) is -0.727. The minimum absolute atomic E-state index is 0.727. The predicted octanol–water partition coefficient (Wildman–Crippen LogP) is 3.60. The van der Waals surface area contributed by atoms with Crippen molar-refractivity contribution in [2.75, 3.05) is 0 Å². The number of rotatable bonds is 1. The maximum atomic E-state index is 9.83. The van der Waals surface area contributed by atoms with Crippen LogP contribution in [0.25, 0.3) is 0 Å². The Kier molecular flexibility index (Phi) is 3.79. The van der Waals surface area contributed by atoms with Gasteiger partial charge in [0.25, 0.3) is 0 Å². The Morgan fingerprint density at radius 2 is 1.94 bits per heavy atom. The second kappa shape index (κ2) is 5.31. The molecule has 2 rings (SSSR count). The molecule has 1 heterocycles. The number of thiophene rings is 1. The summed E-state index contributed by atoms with van der Waals surface area (Å²) >= 11 is 4.92. The van der Waals surface area contributed by atoms with Gasteiger partial charge in [-0.3, -0.25) is 0 Å². The number of benzene rings is 1. The average Bonchev–Trinajstić information content (AvgIpc) is 2.80. The molecular weight excluding hydrogens is 284 g/mol. The van der Waals surface area contributed by atoms with Gasteiger partial charge in [-0.1, -0.05) is 46.0 Å². The Hall–Kier alpha value is -1.08. The fourth-order valence-electron chi connectivity index (χ4n) is 1.22. The van der Waals surface area contributed by atoms with Crippen molar-refractivity contribution in [1.29, 1.82) is 0 Å². The third-order valence-electron chi connectivity index (χ3n) is 2.04. The van der Waals surface area contributed by atoms with Gasteiger partial charge in [-0.05, 0) is 29.1 Å². The predicted molar refractivity (Wildman–Crippen MR) is 70.3 cm³/mol. The van der Waals surface area contributed by atoms with Gasteiger partial charge in [0.05, 0.1) is 4.88 Å². The van der Waals surface area contributed by atoms with Crippen molar-refractivity contribution in [3.05, 3.63) is 56.7 Å². The number of aliphatic hydroxyl groups is 1. The summed E-state index contributed by atoms with van der Waals surface area (Å²) in [6, 6.07) is 11.4. The van der Waals surface area contributed by atoms with E-state index in [4.69, 9.17) is 0 Å². The zero-order valence-electron chi connectivity index (χ0n) is 8.35. The maximum absolute atomic E-state index is 9.83. The molecule has 0 spiro atoms. The van der Waals surface area contributed by atoms with E-state index in [2.05, 4.69) is 27.8 Å². The fraction of sp³-hybridized carbons (Fsp3) is 0.0769. The van der Waals surface area contributed by atoms with E-state index < -0.39 is 6.10 Å². The molecule has 0 fully saturated rings. The minimum atomic E-state index is -0.727. The Labute approximate surface area is 107 Å². The van der Waals surface area contributed by atoms with Crippen LogP contribution in [0.5, 0.6) is 0 Å². The van der Waals surface area contributed by atoms with Crippen LogP contribution in [0.3, 0.4) is 0 Å². The lowest BCUT2D eigenvalue weighted by atomic mass is 10.1. The first kappa shape index (κ1) is 11.4. The number of halogens is 1. The van der Waals surface area contributed by atoms with Gasteiger partial charge < -0.3 is 5.11 Å². The topological polar surface area (TPSA) is 20.2 Å². The fourth-order valence-corrected chi connectivity index (χ4v) is 2.06. The molecule has 16 heavy (non-hydrogen) atoms. The molecular formula is C13H9BrOS. The first-order chi connectivity index (χ1) is 7.75. The molecule has 1 N–H and O–H groups in total. The van der Waals surface area contributed by atoms with Crippen LogP contribution >= 0.6 is 27.3 Å². The van der Waals surface area contributed by atoms with E-state index in [0.29, 0.717) is 0 Å². The van der Waals surface area contributed by atoms with Gasteiger partial charge in [0.2, 0.25) is 0 Å². The van der Waals surface area contributed by atoms with Crippen LogP contribution in [0.4, 0.5) is 0 Å². The second-order valence-electron chi connectivity index (χ2n) is 3.20. The van der Waals surface area contributed by atoms with Gasteiger partial charge in [-0.2, -0.15) is 0 Å². The molecule has 0 saturated carbocycles. The number of aliphatic hydroxyl groups excluding tert-OH is 1. The maximum Gasteiger partial charge on any atom is 0.140 e. The molecule has 3 heteroatoms. The standard InChI is InChI=1S/C13H9BrOS/c14-11-5-3-10(4-6-11)13(15)8-7-12-2-1-9-16-12/h1-6,9,13,15H. The molecule has 1 aromatic carbocycles. The highest BCUT2D eigenvalue weighted by atomic mass is 79.9. The first-order valence-corrected chi connectivity index (χ1v) is 6.41. The smallest absolute Gasteiger partial charge is 0.140 e. The van der Waals surface area contributed by atoms with Gasteiger partial charge >= 0.3 is 0 Å². The van der Waals surface area contributed by atoms with Crippen molar-refractivity contribution in [2.45, 2.75) is 6.10 Å². The largest absolute Gasteiger partial charge is 0.376 e. The van der Waals surface area contributed by atoms with Gasteiger partial charge in [0.1, 0.15) is 6.10 Å². The highest BCUT2D eigenvalue weighted by Gasteiger charge is 2.02. The Balaban J connectivity index is 2.14. The number of hydrogen-bond donors (Lipinski definition) is 1. The summed E-state index contributed by atoms with van der Waals surface area (Å²) in [5, 5.41) is 11.8. The summed E-state index contributed by atoms with van der Waals surface area (Å²) in [6.45, 7) is 0. The molecule has 1 nitrogen and oxygen atoms in total. The molecule has 2 aromatic rings. The number of hydrogen-bond acceptors (Lipinski definition) is 2. The summed E-state index contributed by atoms with van der Waals surface area (Å²) in [4.78, 5) is 0.969. The Morgan fingerprint density at radius 1 is 1.19 bits per heavy atom. The van der Waals surface area contributed by atoms with Gasteiger partial charge in [-0.15, -0.1) is 11.3 Å². The zero-order valence-corrected chi connectivity index (χ0v) is 10.8. The molecule has 0 saturated heterocycles. The zero-order chi connectivity index (χ0) is 11.4. The van der Waals surface area contributed by atoms with Crippen molar-refractivity contribution in [2.24, 2.45) is 0 Å². The lowest BCUT2D eigenvalue weighted by Gasteiger charge is -2.02. The quantitative estimate of drug-likeness (QED) is 0.797. The highest BCUT2D eigenvalue weighted by molar-refractivity contribution is 9.10. The van der Waals surface area contributed by atoms with E-state index in [1.807, 2.05) is 41.8 Å². The van der Waals surface area contributed by atoms with Crippen LogP contribution < -0.4 is 0 Å². The summed E-state index contributed by atoms with van der Waals surface area (Å²) in [7, 11) is 0. The average molecular weight is 293 g/mol. The molecule has 1 atom stereocenters. The minimum Gasteiger partial charge on any atom is -0.376 e. The molecule has 0 bridgehead atoms. The summed E-state index contributed by atoms with van der Waals surface area (Å²) in [5.74, 6) is 5.77. The molecule has 80 valence electrons. The Bertz CT molecular complexity index is 505. The van der Waals surface area contributed by atoms with E-state index in [1.165, 1.54) is 0 Å². The SMILES string of the molecule is OC(C#Cc1cccs1)c1ccc(Br)cc1. The van der Waals surface area contributed by atoms with Crippen molar-refractivity contribution >= 4 is 27.3 Å². The Morgan fingerprint density at radius 3 is 2.56 bits per heavy atom. The molecule has 1 unspecified atom stereocenters. The van der Waals surface area contributed by atoms with Crippen LogP contribution in [0, 0.1) is 11.8 Å². The highest BCUT2D eigenvalue weighted by Crippen LogP contribution is 2.16. The molecule has 0 aliphatic heterocycles. The molecule has 1 aromatic heterocycles.